The predicted molar refractivity (Wildman–Crippen MR) is 154 cm³/mol. The van der Waals surface area contributed by atoms with Crippen molar-refractivity contribution in [3.8, 4) is 11.1 Å². The second kappa shape index (κ2) is 9.87. The summed E-state index contributed by atoms with van der Waals surface area (Å²) in [5.74, 6) is 0. The zero-order valence-electron chi connectivity index (χ0n) is 19.6. The van der Waals surface area contributed by atoms with Crippen molar-refractivity contribution in [1.82, 2.24) is 0 Å². The van der Waals surface area contributed by atoms with Gasteiger partial charge in [0, 0.05) is 0 Å². The van der Waals surface area contributed by atoms with Gasteiger partial charge in [-0.3, -0.25) is 0 Å². The first-order valence-corrected chi connectivity index (χ1v) is 13.9. The molecular formula is C34H27P. The number of rotatable bonds is 6. The van der Waals surface area contributed by atoms with Crippen LogP contribution in [0.4, 0.5) is 0 Å². The van der Waals surface area contributed by atoms with E-state index in [4.69, 9.17) is 0 Å². The van der Waals surface area contributed by atoms with Crippen LogP contribution in [0.1, 0.15) is 11.1 Å². The molecule has 1 heteroatoms. The van der Waals surface area contributed by atoms with Crippen LogP contribution in [-0.4, -0.2) is 0 Å². The maximum atomic E-state index is 2.41. The van der Waals surface area contributed by atoms with Crippen LogP contribution in [0.2, 0.25) is 0 Å². The van der Waals surface area contributed by atoms with Crippen LogP contribution in [0.25, 0.3) is 32.7 Å². The molecular weight excluding hydrogens is 439 g/mol. The van der Waals surface area contributed by atoms with Crippen LogP contribution < -0.4 is 5.30 Å². The second-order valence-corrected chi connectivity index (χ2v) is 11.2. The molecule has 6 rings (SSSR count). The minimum Gasteiger partial charge on any atom is -0.0657 e. The average molecular weight is 467 g/mol. The zero-order chi connectivity index (χ0) is 23.5. The minimum atomic E-state index is -0.481. The Labute approximate surface area is 208 Å². The molecule has 0 N–H and O–H groups in total. The summed E-state index contributed by atoms with van der Waals surface area (Å²) in [6.07, 6.45) is 2.14. The van der Waals surface area contributed by atoms with Gasteiger partial charge in [-0.2, -0.15) is 0 Å². The normalized spacial score (nSPS) is 11.3. The van der Waals surface area contributed by atoms with E-state index < -0.39 is 7.92 Å². The molecule has 6 aromatic carbocycles. The van der Waals surface area contributed by atoms with E-state index in [0.717, 1.165) is 12.3 Å². The monoisotopic (exact) mass is 466 g/mol. The van der Waals surface area contributed by atoms with Gasteiger partial charge >= 0.3 is 0 Å². The van der Waals surface area contributed by atoms with Crippen molar-refractivity contribution < 1.29 is 0 Å². The highest BCUT2D eigenvalue weighted by molar-refractivity contribution is 7.64. The first-order valence-electron chi connectivity index (χ1n) is 12.2. The fraction of sp³-hybridized carbons (Fsp3) is 0.0588. The van der Waals surface area contributed by atoms with Gasteiger partial charge in [0.15, 0.2) is 0 Å². The van der Waals surface area contributed by atoms with Crippen molar-refractivity contribution in [2.75, 3.05) is 0 Å². The first-order chi connectivity index (χ1) is 17.4. The van der Waals surface area contributed by atoms with Crippen molar-refractivity contribution >= 4 is 34.8 Å². The molecule has 0 bridgehead atoms. The van der Waals surface area contributed by atoms with Crippen molar-refractivity contribution in [3.63, 3.8) is 0 Å². The Morgan fingerprint density at radius 3 is 1.57 bits per heavy atom. The van der Waals surface area contributed by atoms with Crippen LogP contribution in [0.3, 0.4) is 0 Å². The van der Waals surface area contributed by atoms with Gasteiger partial charge in [0.1, 0.15) is 0 Å². The Balaban J connectivity index is 1.60. The topological polar surface area (TPSA) is 0 Å². The summed E-state index contributed by atoms with van der Waals surface area (Å²) in [5, 5.41) is 6.74. The van der Waals surface area contributed by atoms with E-state index in [1.807, 2.05) is 0 Å². The van der Waals surface area contributed by atoms with E-state index in [0.29, 0.717) is 0 Å². The molecule has 6 aromatic rings. The summed E-state index contributed by atoms with van der Waals surface area (Å²) in [6, 6.07) is 51.1. The van der Waals surface area contributed by atoms with Gasteiger partial charge in [0.05, 0.1) is 0 Å². The Bertz CT molecular complexity index is 1540. The van der Waals surface area contributed by atoms with Gasteiger partial charge in [-0.1, -0.05) is 147 Å². The third-order valence-electron chi connectivity index (χ3n) is 6.74. The molecule has 0 saturated heterocycles. The van der Waals surface area contributed by atoms with Crippen LogP contribution in [0, 0.1) is 0 Å². The molecule has 168 valence electrons. The average Bonchev–Trinajstić information content (AvgIpc) is 2.93. The largest absolute Gasteiger partial charge is 0.0657 e. The molecule has 0 saturated carbocycles. The quantitative estimate of drug-likeness (QED) is 0.215. The first kappa shape index (κ1) is 21.8. The van der Waals surface area contributed by atoms with Crippen LogP contribution in [0.5, 0.6) is 0 Å². The molecule has 0 aromatic heterocycles. The summed E-state index contributed by atoms with van der Waals surface area (Å²) in [4.78, 5) is 0. The van der Waals surface area contributed by atoms with Gasteiger partial charge in [-0.25, -0.2) is 0 Å². The second-order valence-electron chi connectivity index (χ2n) is 9.03. The third kappa shape index (κ3) is 4.51. The van der Waals surface area contributed by atoms with E-state index in [1.165, 1.54) is 49.1 Å². The molecule has 0 atom stereocenters. The van der Waals surface area contributed by atoms with E-state index in [-0.39, 0.29) is 0 Å². The Morgan fingerprint density at radius 1 is 0.400 bits per heavy atom. The molecule has 0 spiro atoms. The van der Waals surface area contributed by atoms with E-state index >= 15 is 0 Å². The third-order valence-corrected chi connectivity index (χ3v) is 9.29. The number of hydrogen-bond acceptors (Lipinski definition) is 0. The molecule has 0 fully saturated rings. The van der Waals surface area contributed by atoms with Gasteiger partial charge in [0.25, 0.3) is 0 Å². The van der Waals surface area contributed by atoms with Crippen molar-refractivity contribution in [1.29, 1.82) is 0 Å². The fourth-order valence-electron chi connectivity index (χ4n) is 5.08. The summed E-state index contributed by atoms with van der Waals surface area (Å²) in [6.45, 7) is 0. The highest BCUT2D eigenvalue weighted by atomic mass is 31.1. The molecule has 0 aliphatic heterocycles. The minimum absolute atomic E-state index is 0.481. The molecule has 0 unspecified atom stereocenters. The maximum absolute atomic E-state index is 2.41. The lowest BCUT2D eigenvalue weighted by molar-refractivity contribution is 1.33. The van der Waals surface area contributed by atoms with E-state index in [9.17, 15) is 0 Å². The lowest BCUT2D eigenvalue weighted by Gasteiger charge is -2.24. The molecule has 0 aliphatic rings. The summed E-state index contributed by atoms with van der Waals surface area (Å²) in [7, 11) is -0.481. The van der Waals surface area contributed by atoms with Crippen LogP contribution in [-0.2, 0) is 12.3 Å². The predicted octanol–water partition coefficient (Wildman–Crippen LogP) is 9.17. The number of hydrogen-bond donors (Lipinski definition) is 0. The van der Waals surface area contributed by atoms with E-state index in [1.54, 1.807) is 0 Å². The van der Waals surface area contributed by atoms with Gasteiger partial charge in [-0.15, -0.1) is 0 Å². The van der Waals surface area contributed by atoms with Gasteiger partial charge < -0.3 is 0 Å². The standard InChI is InChI=1S/C34H27P/c1-3-12-26(13-4-1)24-35(25-27-14-5-2-6-15-27)33-23-22-29-17-8-10-20-31(29)34(33)32-21-11-18-28-16-7-9-19-30(28)32/h1-23H,24-25H2. The SMILES string of the molecule is c1ccc(CP(Cc2ccccc2)c2ccc3ccccc3c2-c2cccc3ccccc23)cc1. The highest BCUT2D eigenvalue weighted by Crippen LogP contribution is 2.47. The van der Waals surface area contributed by atoms with Crippen LogP contribution >= 0.6 is 7.92 Å². The Morgan fingerprint density at radius 2 is 0.914 bits per heavy atom. The lowest BCUT2D eigenvalue weighted by Crippen LogP contribution is -2.10. The smallest absolute Gasteiger partial charge is 0.00219 e. The zero-order valence-corrected chi connectivity index (χ0v) is 20.5. The van der Waals surface area contributed by atoms with Gasteiger partial charge in [-0.05, 0) is 61.4 Å². The van der Waals surface area contributed by atoms with Crippen molar-refractivity contribution in [3.05, 3.63) is 151 Å². The molecule has 0 radical (unpaired) electrons. The lowest BCUT2D eigenvalue weighted by atomic mass is 9.94. The summed E-state index contributed by atoms with van der Waals surface area (Å²) in [5.41, 5.74) is 5.56. The van der Waals surface area contributed by atoms with E-state index in [2.05, 4.69) is 140 Å². The molecule has 0 aliphatic carbocycles. The van der Waals surface area contributed by atoms with Gasteiger partial charge in [0.2, 0.25) is 0 Å². The molecule has 0 amide bonds. The fourth-order valence-corrected chi connectivity index (χ4v) is 7.68. The Hall–Kier alpha value is -3.73. The molecule has 35 heavy (non-hydrogen) atoms. The molecule has 0 nitrogen and oxygen atoms in total. The van der Waals surface area contributed by atoms with Crippen LogP contribution in [0.15, 0.2) is 140 Å². The molecule has 0 heterocycles. The van der Waals surface area contributed by atoms with Crippen molar-refractivity contribution in [2.45, 2.75) is 12.3 Å². The highest BCUT2D eigenvalue weighted by Gasteiger charge is 2.20. The number of fused-ring (bicyclic) bond motifs is 2. The maximum Gasteiger partial charge on any atom is -0.00219 e. The summed E-state index contributed by atoms with van der Waals surface area (Å²) < 4.78 is 0. The Kier molecular flexibility index (Phi) is 6.14. The summed E-state index contributed by atoms with van der Waals surface area (Å²) >= 11 is 0. The van der Waals surface area contributed by atoms with Crippen molar-refractivity contribution in [2.24, 2.45) is 0 Å². The number of benzene rings is 6.